The molecule has 0 saturated heterocycles. The van der Waals surface area contributed by atoms with Gasteiger partial charge >= 0.3 is 0 Å². The molecule has 18 heavy (non-hydrogen) atoms. The van der Waals surface area contributed by atoms with Crippen LogP contribution < -0.4 is 5.32 Å². The number of nitrogens with zero attached hydrogens (tertiary/aromatic N) is 5. The first-order valence-corrected chi connectivity index (χ1v) is 5.84. The second-order valence-corrected chi connectivity index (χ2v) is 4.14. The van der Waals surface area contributed by atoms with Crippen LogP contribution in [0, 0.1) is 6.92 Å². The number of anilines is 1. The van der Waals surface area contributed by atoms with Crippen LogP contribution >= 0.6 is 0 Å². The lowest BCUT2D eigenvalue weighted by Crippen LogP contribution is -2.12. The molecule has 6 nitrogen and oxygen atoms in total. The van der Waals surface area contributed by atoms with Gasteiger partial charge in [0, 0.05) is 25.1 Å². The van der Waals surface area contributed by atoms with Gasteiger partial charge in [-0.15, -0.1) is 0 Å². The third-order valence-corrected chi connectivity index (χ3v) is 2.72. The van der Waals surface area contributed by atoms with Gasteiger partial charge in [-0.3, -0.25) is 4.68 Å². The van der Waals surface area contributed by atoms with Gasteiger partial charge < -0.3 is 5.32 Å². The average Bonchev–Trinajstić information content (AvgIpc) is 2.98. The molecule has 0 aromatic carbocycles. The molecule has 6 heteroatoms. The van der Waals surface area contributed by atoms with Crippen LogP contribution in [0.5, 0.6) is 0 Å². The van der Waals surface area contributed by atoms with Gasteiger partial charge in [0.2, 0.25) is 0 Å². The van der Waals surface area contributed by atoms with E-state index in [1.807, 2.05) is 36.3 Å². The molecule has 3 aromatic heterocycles. The van der Waals surface area contributed by atoms with Crippen molar-refractivity contribution in [2.75, 3.05) is 11.9 Å². The van der Waals surface area contributed by atoms with Crippen LogP contribution in [0.2, 0.25) is 0 Å². The molecular weight excluding hydrogens is 228 g/mol. The van der Waals surface area contributed by atoms with E-state index in [0.717, 1.165) is 24.4 Å². The molecule has 1 N–H and O–H groups in total. The van der Waals surface area contributed by atoms with Crippen LogP contribution in [-0.4, -0.2) is 30.9 Å². The lowest BCUT2D eigenvalue weighted by atomic mass is 10.4. The first-order chi connectivity index (χ1) is 8.83. The molecule has 0 aliphatic rings. The van der Waals surface area contributed by atoms with E-state index in [9.17, 15) is 0 Å². The van der Waals surface area contributed by atoms with Crippen molar-refractivity contribution in [1.29, 1.82) is 0 Å². The first-order valence-electron chi connectivity index (χ1n) is 5.84. The molecule has 92 valence electrons. The van der Waals surface area contributed by atoms with Gasteiger partial charge in [0.25, 0.3) is 0 Å². The molecule has 3 aromatic rings. The summed E-state index contributed by atoms with van der Waals surface area (Å²) in [5.41, 5.74) is 2.15. The number of hydrogen-bond acceptors (Lipinski definition) is 4. The molecular formula is C12H14N6. The highest BCUT2D eigenvalue weighted by molar-refractivity contribution is 5.66. The summed E-state index contributed by atoms with van der Waals surface area (Å²) in [5.74, 6) is 0.846. The Morgan fingerprint density at radius 2 is 2.22 bits per heavy atom. The molecule has 0 aliphatic heterocycles. The summed E-state index contributed by atoms with van der Waals surface area (Å²) in [6.45, 7) is 3.62. The second kappa shape index (κ2) is 4.48. The lowest BCUT2D eigenvalue weighted by molar-refractivity contribution is 0.637. The lowest BCUT2D eigenvalue weighted by Gasteiger charge is -2.06. The summed E-state index contributed by atoms with van der Waals surface area (Å²) in [6.07, 6.45) is 9.21. The average molecular weight is 242 g/mol. The van der Waals surface area contributed by atoms with E-state index >= 15 is 0 Å². The Morgan fingerprint density at radius 3 is 3.06 bits per heavy atom. The Hall–Kier alpha value is -2.37. The SMILES string of the molecule is Cc1cnn(CCNc2nccn3nccc23)c1. The minimum atomic E-state index is 0.777. The molecule has 3 heterocycles. The number of rotatable bonds is 4. The van der Waals surface area contributed by atoms with Crippen LogP contribution in [0.3, 0.4) is 0 Å². The topological polar surface area (TPSA) is 60.0 Å². The third-order valence-electron chi connectivity index (χ3n) is 2.72. The highest BCUT2D eigenvalue weighted by Gasteiger charge is 2.02. The first kappa shape index (κ1) is 10.8. The summed E-state index contributed by atoms with van der Waals surface area (Å²) in [7, 11) is 0. The molecule has 0 unspecified atom stereocenters. The van der Waals surface area contributed by atoms with Crippen LogP contribution in [-0.2, 0) is 6.54 Å². The largest absolute Gasteiger partial charge is 0.366 e. The maximum absolute atomic E-state index is 4.31. The van der Waals surface area contributed by atoms with E-state index in [0.29, 0.717) is 0 Å². The van der Waals surface area contributed by atoms with Crippen molar-refractivity contribution in [3.63, 3.8) is 0 Å². The molecule has 0 atom stereocenters. The summed E-state index contributed by atoms with van der Waals surface area (Å²) < 4.78 is 3.71. The standard InChI is InChI=1S/C12H14N6/c1-10-8-16-17(9-10)6-4-13-12-11-2-3-15-18(11)7-5-14-12/h2-3,5,7-9H,4,6H2,1H3,(H,13,14). The summed E-state index contributed by atoms with van der Waals surface area (Å²) >= 11 is 0. The molecule has 0 bridgehead atoms. The summed E-state index contributed by atoms with van der Waals surface area (Å²) in [5, 5.41) is 11.7. The fourth-order valence-electron chi connectivity index (χ4n) is 1.87. The Kier molecular flexibility index (Phi) is 2.68. The van der Waals surface area contributed by atoms with Gasteiger partial charge in [-0.2, -0.15) is 10.2 Å². The maximum Gasteiger partial charge on any atom is 0.152 e. The minimum absolute atomic E-state index is 0.777. The van der Waals surface area contributed by atoms with Crippen LogP contribution in [0.15, 0.2) is 37.1 Å². The van der Waals surface area contributed by atoms with Crippen LogP contribution in [0.25, 0.3) is 5.52 Å². The zero-order chi connectivity index (χ0) is 12.4. The van der Waals surface area contributed by atoms with E-state index in [4.69, 9.17) is 0 Å². The summed E-state index contributed by atoms with van der Waals surface area (Å²) in [4.78, 5) is 4.31. The van der Waals surface area contributed by atoms with E-state index in [-0.39, 0.29) is 0 Å². The van der Waals surface area contributed by atoms with Crippen LogP contribution in [0.1, 0.15) is 5.56 Å². The predicted octanol–water partition coefficient (Wildman–Crippen LogP) is 1.35. The number of aromatic nitrogens is 5. The summed E-state index contributed by atoms with van der Waals surface area (Å²) in [6, 6.07) is 1.94. The van der Waals surface area contributed by atoms with Gasteiger partial charge in [-0.05, 0) is 18.6 Å². The van der Waals surface area contributed by atoms with Gasteiger partial charge in [0.1, 0.15) is 5.52 Å². The Bertz CT molecular complexity index is 653. The highest BCUT2D eigenvalue weighted by atomic mass is 15.3. The Labute approximate surface area is 104 Å². The van der Waals surface area contributed by atoms with Gasteiger partial charge in [0.05, 0.1) is 18.9 Å². The van der Waals surface area contributed by atoms with E-state index < -0.39 is 0 Å². The molecule has 0 spiro atoms. The predicted molar refractivity (Wildman–Crippen MR) is 68.4 cm³/mol. The maximum atomic E-state index is 4.31. The van der Waals surface area contributed by atoms with Crippen molar-refractivity contribution < 1.29 is 0 Å². The van der Waals surface area contributed by atoms with E-state index in [1.54, 1.807) is 16.9 Å². The zero-order valence-electron chi connectivity index (χ0n) is 10.1. The molecule has 3 rings (SSSR count). The van der Waals surface area contributed by atoms with Crippen molar-refractivity contribution in [2.45, 2.75) is 13.5 Å². The molecule has 0 amide bonds. The quantitative estimate of drug-likeness (QED) is 0.750. The Balaban J connectivity index is 1.68. The van der Waals surface area contributed by atoms with Gasteiger partial charge in [0.15, 0.2) is 5.82 Å². The molecule has 0 aliphatic carbocycles. The minimum Gasteiger partial charge on any atom is -0.366 e. The molecule has 0 radical (unpaired) electrons. The van der Waals surface area contributed by atoms with Crippen molar-refractivity contribution in [1.82, 2.24) is 24.4 Å². The fraction of sp³-hybridized carbons (Fsp3) is 0.250. The van der Waals surface area contributed by atoms with Crippen molar-refractivity contribution in [3.05, 3.63) is 42.6 Å². The number of aryl methyl sites for hydroxylation is 1. The smallest absolute Gasteiger partial charge is 0.152 e. The van der Waals surface area contributed by atoms with Crippen LogP contribution in [0.4, 0.5) is 5.82 Å². The monoisotopic (exact) mass is 242 g/mol. The highest BCUT2D eigenvalue weighted by Crippen LogP contribution is 2.11. The fourth-order valence-corrected chi connectivity index (χ4v) is 1.87. The number of nitrogens with one attached hydrogen (secondary N) is 1. The third kappa shape index (κ3) is 2.04. The van der Waals surface area contributed by atoms with E-state index in [1.165, 1.54) is 5.56 Å². The molecule has 0 saturated carbocycles. The van der Waals surface area contributed by atoms with Gasteiger partial charge in [-0.1, -0.05) is 0 Å². The van der Waals surface area contributed by atoms with Crippen molar-refractivity contribution >= 4 is 11.3 Å². The van der Waals surface area contributed by atoms with Crippen molar-refractivity contribution in [2.24, 2.45) is 0 Å². The number of fused-ring (bicyclic) bond motifs is 1. The zero-order valence-corrected chi connectivity index (χ0v) is 10.1. The van der Waals surface area contributed by atoms with Gasteiger partial charge in [-0.25, -0.2) is 9.50 Å². The van der Waals surface area contributed by atoms with E-state index in [2.05, 4.69) is 20.5 Å². The van der Waals surface area contributed by atoms with Crippen molar-refractivity contribution in [3.8, 4) is 0 Å². The Morgan fingerprint density at radius 1 is 1.28 bits per heavy atom. The normalized spacial score (nSPS) is 10.9. The molecule has 0 fully saturated rings. The number of hydrogen-bond donors (Lipinski definition) is 1. The second-order valence-electron chi connectivity index (χ2n) is 4.14.